The van der Waals surface area contributed by atoms with Crippen LogP contribution in [0.1, 0.15) is 64.7 Å². The molecule has 6 nitrogen and oxygen atoms in total. The first-order valence-electron chi connectivity index (χ1n) is 8.89. The molecule has 0 aromatic rings. The minimum atomic E-state index is -0.505. The Morgan fingerprint density at radius 2 is 1.67 bits per heavy atom. The molecule has 0 saturated heterocycles. The molecule has 0 radical (unpaired) electrons. The van der Waals surface area contributed by atoms with Gasteiger partial charge in [-0.15, -0.1) is 0 Å². The summed E-state index contributed by atoms with van der Waals surface area (Å²) in [5.74, 6) is 1.42. The molecule has 0 saturated carbocycles. The highest BCUT2D eigenvalue weighted by Crippen LogP contribution is 2.23. The van der Waals surface area contributed by atoms with Gasteiger partial charge in [-0.1, -0.05) is 71.6 Å². The highest BCUT2D eigenvalue weighted by molar-refractivity contribution is 8.76. The van der Waals surface area contributed by atoms with Crippen molar-refractivity contribution in [1.29, 1.82) is 0 Å². The SMILES string of the molecule is CCOC(=O)[C@@H](N)CSSCCCCCCCCCCCN=[N+]=[N-]. The summed E-state index contributed by atoms with van der Waals surface area (Å²) in [7, 11) is 3.45. The van der Waals surface area contributed by atoms with Crippen LogP contribution in [0.3, 0.4) is 0 Å². The fraction of sp³-hybridized carbons (Fsp3) is 0.938. The molecule has 8 heteroatoms. The van der Waals surface area contributed by atoms with E-state index in [2.05, 4.69) is 10.0 Å². The van der Waals surface area contributed by atoms with Crippen LogP contribution < -0.4 is 5.73 Å². The average Bonchev–Trinajstić information content (AvgIpc) is 2.58. The molecular weight excluding hydrogens is 344 g/mol. The molecule has 0 bridgehead atoms. The van der Waals surface area contributed by atoms with Crippen molar-refractivity contribution in [2.45, 2.75) is 70.8 Å². The van der Waals surface area contributed by atoms with Gasteiger partial charge in [0.25, 0.3) is 0 Å². The summed E-state index contributed by atoms with van der Waals surface area (Å²) in [6.07, 6.45) is 11.1. The van der Waals surface area contributed by atoms with Crippen molar-refractivity contribution in [3.63, 3.8) is 0 Å². The van der Waals surface area contributed by atoms with Crippen LogP contribution in [0, 0.1) is 0 Å². The van der Waals surface area contributed by atoms with E-state index < -0.39 is 6.04 Å². The lowest BCUT2D eigenvalue weighted by Gasteiger charge is -2.09. The Morgan fingerprint density at radius 1 is 1.08 bits per heavy atom. The Hall–Kier alpha value is -0.560. The Labute approximate surface area is 154 Å². The van der Waals surface area contributed by atoms with Gasteiger partial charge in [0, 0.05) is 23.0 Å². The number of carbonyl (C=O) groups excluding carboxylic acids is 1. The minimum Gasteiger partial charge on any atom is -0.465 e. The number of azide groups is 1. The first-order valence-corrected chi connectivity index (χ1v) is 11.4. The molecule has 0 fully saturated rings. The summed E-state index contributed by atoms with van der Waals surface area (Å²) in [5, 5.41) is 3.53. The highest BCUT2D eigenvalue weighted by Gasteiger charge is 2.13. The third-order valence-electron chi connectivity index (χ3n) is 3.47. The molecule has 0 aliphatic rings. The lowest BCUT2D eigenvalue weighted by Crippen LogP contribution is -2.34. The van der Waals surface area contributed by atoms with Crippen molar-refractivity contribution in [3.8, 4) is 0 Å². The molecule has 0 heterocycles. The molecule has 140 valence electrons. The van der Waals surface area contributed by atoms with Crippen LogP contribution in [0.2, 0.25) is 0 Å². The van der Waals surface area contributed by atoms with Crippen LogP contribution >= 0.6 is 21.6 Å². The second kappa shape index (κ2) is 18.8. The summed E-state index contributed by atoms with van der Waals surface area (Å²) in [5.41, 5.74) is 13.9. The lowest BCUT2D eigenvalue weighted by atomic mass is 10.1. The molecule has 0 aliphatic carbocycles. The smallest absolute Gasteiger partial charge is 0.323 e. The molecule has 0 aliphatic heterocycles. The molecule has 24 heavy (non-hydrogen) atoms. The molecule has 0 amide bonds. The van der Waals surface area contributed by atoms with E-state index in [0.717, 1.165) is 12.2 Å². The van der Waals surface area contributed by atoms with E-state index >= 15 is 0 Å². The van der Waals surface area contributed by atoms with E-state index in [1.54, 1.807) is 28.5 Å². The second-order valence-corrected chi connectivity index (χ2v) is 8.23. The zero-order valence-electron chi connectivity index (χ0n) is 14.8. The van der Waals surface area contributed by atoms with E-state index in [-0.39, 0.29) is 5.97 Å². The number of hydrogen-bond donors (Lipinski definition) is 1. The molecule has 2 N–H and O–H groups in total. The highest BCUT2D eigenvalue weighted by atomic mass is 33.1. The molecule has 1 atom stereocenters. The van der Waals surface area contributed by atoms with Crippen LogP contribution in [0.5, 0.6) is 0 Å². The van der Waals surface area contributed by atoms with Gasteiger partial charge in [0.05, 0.1) is 6.61 Å². The first-order chi connectivity index (χ1) is 11.7. The summed E-state index contributed by atoms with van der Waals surface area (Å²) < 4.78 is 4.87. The number of nitrogens with zero attached hydrogens (tertiary/aromatic N) is 3. The monoisotopic (exact) mass is 376 g/mol. The van der Waals surface area contributed by atoms with E-state index in [1.165, 1.54) is 51.4 Å². The second-order valence-electron chi connectivity index (χ2n) is 5.60. The number of hydrogen-bond acceptors (Lipinski definition) is 6. The van der Waals surface area contributed by atoms with Gasteiger partial charge in [0.2, 0.25) is 0 Å². The maximum Gasteiger partial charge on any atom is 0.323 e. The molecular formula is C16H32N4O2S2. The van der Waals surface area contributed by atoms with Crippen molar-refractivity contribution in [2.24, 2.45) is 10.8 Å². The summed E-state index contributed by atoms with van der Waals surface area (Å²) in [6.45, 7) is 2.82. The third-order valence-corrected chi connectivity index (χ3v) is 5.99. The minimum absolute atomic E-state index is 0.302. The number of unbranched alkanes of at least 4 members (excludes halogenated alkanes) is 8. The fourth-order valence-electron chi connectivity index (χ4n) is 2.12. The van der Waals surface area contributed by atoms with E-state index in [1.807, 2.05) is 0 Å². The summed E-state index contributed by atoms with van der Waals surface area (Å²) in [6, 6.07) is -0.505. The van der Waals surface area contributed by atoms with Gasteiger partial charge >= 0.3 is 5.97 Å². The van der Waals surface area contributed by atoms with Crippen molar-refractivity contribution < 1.29 is 9.53 Å². The molecule has 0 unspecified atom stereocenters. The van der Waals surface area contributed by atoms with E-state index in [4.69, 9.17) is 16.0 Å². The summed E-state index contributed by atoms with van der Waals surface area (Å²) in [4.78, 5) is 14.1. The maximum absolute atomic E-state index is 11.3. The summed E-state index contributed by atoms with van der Waals surface area (Å²) >= 11 is 0. The topological polar surface area (TPSA) is 101 Å². The Kier molecular flexibility index (Phi) is 18.3. The largest absolute Gasteiger partial charge is 0.465 e. The molecule has 0 spiro atoms. The number of rotatable bonds is 17. The number of carbonyl (C=O) groups is 1. The number of nitrogens with two attached hydrogens (primary N) is 1. The zero-order valence-corrected chi connectivity index (χ0v) is 16.5. The standard InChI is InChI=1S/C16H32N4O2S2/c1-2-22-16(21)15(17)14-24-23-13-11-9-7-5-3-4-6-8-10-12-19-20-18/h15H,2-14,17H2,1H3/t15-/m0/s1. The van der Waals surface area contributed by atoms with Gasteiger partial charge in [0.15, 0.2) is 0 Å². The predicted molar refractivity (Wildman–Crippen MR) is 105 cm³/mol. The van der Waals surface area contributed by atoms with Gasteiger partial charge in [0.1, 0.15) is 6.04 Å². The molecule has 0 aromatic heterocycles. The van der Waals surface area contributed by atoms with Gasteiger partial charge in [-0.2, -0.15) is 0 Å². The third kappa shape index (κ3) is 16.3. The Bertz CT molecular complexity index is 353. The quantitative estimate of drug-likeness (QED) is 0.0952. The van der Waals surface area contributed by atoms with E-state index in [0.29, 0.717) is 18.9 Å². The number of ether oxygens (including phenoxy) is 1. The van der Waals surface area contributed by atoms with Crippen LogP contribution in [0.15, 0.2) is 5.11 Å². The van der Waals surface area contributed by atoms with Gasteiger partial charge in [-0.05, 0) is 25.3 Å². The zero-order chi connectivity index (χ0) is 17.9. The van der Waals surface area contributed by atoms with Crippen LogP contribution in [-0.4, -0.2) is 36.7 Å². The molecule has 0 aromatic carbocycles. The van der Waals surface area contributed by atoms with Crippen molar-refractivity contribution in [3.05, 3.63) is 10.4 Å². The fourth-order valence-corrected chi connectivity index (χ4v) is 4.38. The van der Waals surface area contributed by atoms with Crippen molar-refractivity contribution >= 4 is 27.6 Å². The normalized spacial score (nSPS) is 11.8. The number of esters is 1. The average molecular weight is 377 g/mol. The predicted octanol–water partition coefficient (Wildman–Crippen LogP) is 5.08. The maximum atomic E-state index is 11.3. The Morgan fingerprint density at radius 3 is 2.25 bits per heavy atom. The van der Waals surface area contributed by atoms with E-state index in [9.17, 15) is 4.79 Å². The first kappa shape index (κ1) is 23.4. The van der Waals surface area contributed by atoms with Crippen LogP contribution in [0.25, 0.3) is 10.4 Å². The Balaban J connectivity index is 3.17. The lowest BCUT2D eigenvalue weighted by molar-refractivity contribution is -0.144. The van der Waals surface area contributed by atoms with Gasteiger partial charge in [-0.25, -0.2) is 0 Å². The van der Waals surface area contributed by atoms with Gasteiger partial charge < -0.3 is 10.5 Å². The van der Waals surface area contributed by atoms with Crippen molar-refractivity contribution in [2.75, 3.05) is 24.7 Å². The molecule has 0 rings (SSSR count). The van der Waals surface area contributed by atoms with Crippen LogP contribution in [-0.2, 0) is 9.53 Å². The van der Waals surface area contributed by atoms with Crippen LogP contribution in [0.4, 0.5) is 0 Å². The van der Waals surface area contributed by atoms with Crippen molar-refractivity contribution in [1.82, 2.24) is 0 Å². The van der Waals surface area contributed by atoms with Gasteiger partial charge in [-0.3, -0.25) is 4.79 Å².